The molecule has 0 atom stereocenters. The zero-order valence-corrected chi connectivity index (χ0v) is 10.1. The molecule has 1 N–H and O–H groups in total. The molecule has 1 rings (SSSR count). The Kier molecular flexibility index (Phi) is 4.73. The van der Waals surface area contributed by atoms with E-state index in [2.05, 4.69) is 30.7 Å². The van der Waals surface area contributed by atoms with Crippen LogP contribution in [-0.4, -0.2) is 0 Å². The molecular formula is C13H15NOS. The van der Waals surface area contributed by atoms with Crippen molar-refractivity contribution >= 4 is 18.5 Å². The fraction of sp³-hybridized carbons (Fsp3) is 0.0769. The van der Waals surface area contributed by atoms with Crippen molar-refractivity contribution in [3.05, 3.63) is 60.9 Å². The molecule has 0 aliphatic rings. The molecule has 16 heavy (non-hydrogen) atoms. The quantitative estimate of drug-likeness (QED) is 0.456. The van der Waals surface area contributed by atoms with Crippen molar-refractivity contribution in [2.75, 3.05) is 4.72 Å². The van der Waals surface area contributed by atoms with Crippen LogP contribution in [0.5, 0.6) is 5.75 Å². The maximum Gasteiger partial charge on any atom is 0.129 e. The summed E-state index contributed by atoms with van der Waals surface area (Å²) in [6.07, 6.45) is 3.63. The Hall–Kier alpha value is -1.61. The Bertz CT molecular complexity index is 424. The van der Waals surface area contributed by atoms with E-state index in [1.807, 2.05) is 37.3 Å². The first kappa shape index (κ1) is 12.5. The molecule has 0 radical (unpaired) electrons. The molecule has 0 fully saturated rings. The largest absolute Gasteiger partial charge is 0.458 e. The molecule has 2 nitrogen and oxygen atoms in total. The topological polar surface area (TPSA) is 21.3 Å². The average Bonchev–Trinajstić information content (AvgIpc) is 2.26. The van der Waals surface area contributed by atoms with E-state index < -0.39 is 0 Å². The van der Waals surface area contributed by atoms with Crippen LogP contribution in [-0.2, 0) is 0 Å². The Morgan fingerprint density at radius 2 is 2.12 bits per heavy atom. The van der Waals surface area contributed by atoms with Gasteiger partial charge in [-0.2, -0.15) is 0 Å². The van der Waals surface area contributed by atoms with Crippen molar-refractivity contribution in [2.24, 2.45) is 0 Å². The molecule has 0 saturated heterocycles. The van der Waals surface area contributed by atoms with E-state index in [1.165, 1.54) is 0 Å². The number of ether oxygens (including phenoxy) is 1. The monoisotopic (exact) mass is 233 g/mol. The van der Waals surface area contributed by atoms with Crippen molar-refractivity contribution in [2.45, 2.75) is 6.92 Å². The van der Waals surface area contributed by atoms with Crippen LogP contribution in [0.3, 0.4) is 0 Å². The molecule has 0 saturated carbocycles. The third-order valence-electron chi connectivity index (χ3n) is 1.77. The molecule has 0 unspecified atom stereocenters. The summed E-state index contributed by atoms with van der Waals surface area (Å²) in [6.45, 7) is 9.46. The predicted octanol–water partition coefficient (Wildman–Crippen LogP) is 3.97. The molecular weight excluding hydrogens is 218 g/mol. The van der Waals surface area contributed by atoms with Crippen LogP contribution < -0.4 is 9.46 Å². The predicted molar refractivity (Wildman–Crippen MR) is 72.8 cm³/mol. The van der Waals surface area contributed by atoms with Gasteiger partial charge in [0.25, 0.3) is 0 Å². The van der Waals surface area contributed by atoms with E-state index in [4.69, 9.17) is 4.74 Å². The smallest absolute Gasteiger partial charge is 0.129 e. The van der Waals surface area contributed by atoms with Crippen LogP contribution in [0.25, 0.3) is 0 Å². The zero-order chi connectivity index (χ0) is 12.0. The van der Waals surface area contributed by atoms with Gasteiger partial charge in [-0.15, -0.1) is 0 Å². The number of nitrogens with one attached hydrogen (secondary N) is 1. The van der Waals surface area contributed by atoms with Crippen molar-refractivity contribution in [1.29, 1.82) is 0 Å². The van der Waals surface area contributed by atoms with Crippen molar-refractivity contribution in [1.82, 2.24) is 0 Å². The zero-order valence-electron chi connectivity index (χ0n) is 9.23. The van der Waals surface area contributed by atoms with E-state index in [9.17, 15) is 0 Å². The van der Waals surface area contributed by atoms with Gasteiger partial charge in [0.1, 0.15) is 11.5 Å². The number of hydrogen-bond donors (Lipinski definition) is 2. The second-order valence-electron chi connectivity index (χ2n) is 3.39. The minimum atomic E-state index is 0.569. The van der Waals surface area contributed by atoms with Gasteiger partial charge in [0.2, 0.25) is 0 Å². The third-order valence-corrected chi connectivity index (χ3v) is 2.02. The van der Waals surface area contributed by atoms with Gasteiger partial charge in [-0.3, -0.25) is 0 Å². The van der Waals surface area contributed by atoms with Gasteiger partial charge < -0.3 is 9.46 Å². The molecule has 0 aliphatic heterocycles. The lowest BCUT2D eigenvalue weighted by molar-refractivity contribution is 0.447. The minimum absolute atomic E-state index is 0.569. The third kappa shape index (κ3) is 4.28. The lowest BCUT2D eigenvalue weighted by atomic mass is 10.3. The summed E-state index contributed by atoms with van der Waals surface area (Å²) in [5.41, 5.74) is 1.83. The van der Waals surface area contributed by atoms with Gasteiger partial charge in [-0.1, -0.05) is 43.7 Å². The Balaban J connectivity index is 2.65. The normalized spacial score (nSPS) is 10.1. The van der Waals surface area contributed by atoms with Gasteiger partial charge in [0.05, 0.1) is 0 Å². The van der Waals surface area contributed by atoms with Gasteiger partial charge in [-0.25, -0.2) is 0 Å². The van der Waals surface area contributed by atoms with E-state index >= 15 is 0 Å². The van der Waals surface area contributed by atoms with Crippen molar-refractivity contribution in [3.63, 3.8) is 0 Å². The van der Waals surface area contributed by atoms with Crippen LogP contribution in [0, 0.1) is 0 Å². The molecule has 0 heterocycles. The summed E-state index contributed by atoms with van der Waals surface area (Å²) >= 11 is 3.96. The number of hydrogen-bond acceptors (Lipinski definition) is 3. The molecule has 0 spiro atoms. The molecule has 3 heteroatoms. The average molecular weight is 233 g/mol. The summed E-state index contributed by atoms with van der Waals surface area (Å²) in [6, 6.07) is 7.47. The first-order valence-corrected chi connectivity index (χ1v) is 5.27. The Labute approximate surface area is 102 Å². The molecule has 1 aromatic carbocycles. The summed E-state index contributed by atoms with van der Waals surface area (Å²) < 4.78 is 8.25. The van der Waals surface area contributed by atoms with Crippen LogP contribution in [0.2, 0.25) is 0 Å². The summed E-state index contributed by atoms with van der Waals surface area (Å²) in [4.78, 5) is 0. The summed E-state index contributed by atoms with van der Waals surface area (Å²) in [5.74, 6) is 1.29. The highest BCUT2D eigenvalue weighted by molar-refractivity contribution is 7.81. The molecule has 0 bridgehead atoms. The molecule has 84 valence electrons. The van der Waals surface area contributed by atoms with Crippen molar-refractivity contribution < 1.29 is 4.74 Å². The van der Waals surface area contributed by atoms with Gasteiger partial charge in [0.15, 0.2) is 0 Å². The van der Waals surface area contributed by atoms with E-state index in [0.717, 1.165) is 17.0 Å². The molecule has 0 amide bonds. The number of thiol groups is 1. The second kappa shape index (κ2) is 6.08. The first-order chi connectivity index (χ1) is 7.61. The fourth-order valence-corrected chi connectivity index (χ4v) is 1.19. The number of rotatable bonds is 5. The first-order valence-electron chi connectivity index (χ1n) is 4.82. The van der Waals surface area contributed by atoms with Gasteiger partial charge in [0, 0.05) is 11.8 Å². The van der Waals surface area contributed by atoms with E-state index in [-0.39, 0.29) is 0 Å². The number of benzene rings is 1. The van der Waals surface area contributed by atoms with Gasteiger partial charge >= 0.3 is 0 Å². The summed E-state index contributed by atoms with van der Waals surface area (Å²) in [7, 11) is 0. The highest BCUT2D eigenvalue weighted by atomic mass is 32.1. The van der Waals surface area contributed by atoms with Crippen LogP contribution in [0.4, 0.5) is 5.69 Å². The second-order valence-corrected chi connectivity index (χ2v) is 3.61. The number of anilines is 1. The summed E-state index contributed by atoms with van der Waals surface area (Å²) in [5, 5.41) is 0. The van der Waals surface area contributed by atoms with Gasteiger partial charge in [-0.05, 0) is 25.1 Å². The standard InChI is InChI=1S/C13H15NOS/c1-10(2)7-8-11(3)15-13-6-4-5-12(9-13)14-16/h4-9,14,16H,1,3H2,2H3/b8-7-. The van der Waals surface area contributed by atoms with Crippen molar-refractivity contribution in [3.8, 4) is 5.75 Å². The lowest BCUT2D eigenvalue weighted by Gasteiger charge is -2.06. The number of allylic oxidation sites excluding steroid dienone is 3. The Morgan fingerprint density at radius 3 is 2.75 bits per heavy atom. The minimum Gasteiger partial charge on any atom is -0.458 e. The fourth-order valence-electron chi connectivity index (χ4n) is 1.05. The van der Waals surface area contributed by atoms with Crippen LogP contribution >= 0.6 is 12.8 Å². The maximum absolute atomic E-state index is 5.51. The SMILES string of the molecule is C=C(C)/C=C\C(=C)Oc1cccc(NS)c1. The maximum atomic E-state index is 5.51. The van der Waals surface area contributed by atoms with Crippen LogP contribution in [0.1, 0.15) is 6.92 Å². The molecule has 1 aromatic rings. The molecule has 0 aliphatic carbocycles. The highest BCUT2D eigenvalue weighted by Crippen LogP contribution is 2.19. The molecule has 0 aromatic heterocycles. The lowest BCUT2D eigenvalue weighted by Crippen LogP contribution is -1.91. The van der Waals surface area contributed by atoms with Crippen LogP contribution in [0.15, 0.2) is 60.9 Å². The Morgan fingerprint density at radius 1 is 1.38 bits per heavy atom. The van der Waals surface area contributed by atoms with E-state index in [1.54, 1.807) is 6.08 Å². The highest BCUT2D eigenvalue weighted by Gasteiger charge is 1.96. The van der Waals surface area contributed by atoms with E-state index in [0.29, 0.717) is 5.76 Å².